The summed E-state index contributed by atoms with van der Waals surface area (Å²) in [6.45, 7) is 0.257. The fourth-order valence-electron chi connectivity index (χ4n) is 1.35. The summed E-state index contributed by atoms with van der Waals surface area (Å²) in [6, 6.07) is 5.60. The fraction of sp³-hybridized carbons (Fsp3) is 0.167. The molecule has 1 aliphatic rings. The molecule has 1 heterocycles. The lowest BCUT2D eigenvalue weighted by atomic mass is 10.2. The van der Waals surface area contributed by atoms with Crippen LogP contribution in [0.25, 0.3) is 6.08 Å². The van der Waals surface area contributed by atoms with Crippen molar-refractivity contribution in [1.82, 2.24) is 5.43 Å². The minimum absolute atomic E-state index is 0.257. The van der Waals surface area contributed by atoms with Crippen LogP contribution in [0.4, 0.5) is 4.79 Å². The summed E-state index contributed by atoms with van der Waals surface area (Å²) in [6.07, 6.45) is 4.35. The number of allylic oxidation sites excluding steroid dienone is 1. The first kappa shape index (κ1) is 12.0. The van der Waals surface area contributed by atoms with Crippen molar-refractivity contribution in [2.45, 2.75) is 0 Å². The van der Waals surface area contributed by atoms with Crippen molar-refractivity contribution in [1.29, 1.82) is 0 Å². The third kappa shape index (κ3) is 3.00. The average Bonchev–Trinajstić information content (AvgIpc) is 2.85. The Hall–Kier alpha value is -2.50. The van der Waals surface area contributed by atoms with Crippen LogP contribution >= 0.6 is 0 Å². The summed E-state index contributed by atoms with van der Waals surface area (Å²) in [4.78, 5) is 10.7. The van der Waals surface area contributed by atoms with Crippen molar-refractivity contribution in [3.63, 3.8) is 0 Å². The van der Waals surface area contributed by atoms with Gasteiger partial charge in [-0.2, -0.15) is 5.10 Å². The van der Waals surface area contributed by atoms with E-state index in [2.05, 4.69) is 15.3 Å². The number of hydrogen-bond donors (Lipinski definition) is 1. The number of nitrogens with zero attached hydrogens (tertiary/aromatic N) is 1. The lowest BCUT2D eigenvalue weighted by molar-refractivity contribution is 0.171. The summed E-state index contributed by atoms with van der Waals surface area (Å²) in [5.41, 5.74) is 3.12. The number of methoxy groups -OCH3 is 1. The lowest BCUT2D eigenvalue weighted by Crippen LogP contribution is -2.16. The molecule has 0 radical (unpaired) electrons. The highest BCUT2D eigenvalue weighted by molar-refractivity contribution is 5.79. The topological polar surface area (TPSA) is 69.2 Å². The molecule has 0 bridgehead atoms. The highest BCUT2D eigenvalue weighted by atomic mass is 16.7. The Bertz CT molecular complexity index is 497. The predicted octanol–water partition coefficient (Wildman–Crippen LogP) is 1.77. The molecule has 6 nitrogen and oxygen atoms in total. The second kappa shape index (κ2) is 5.72. The Labute approximate surface area is 104 Å². The molecule has 94 valence electrons. The number of carbonyl (C=O) groups is 1. The average molecular weight is 248 g/mol. The summed E-state index contributed by atoms with van der Waals surface area (Å²) in [5.74, 6) is 1.47. The van der Waals surface area contributed by atoms with E-state index in [-0.39, 0.29) is 6.79 Å². The van der Waals surface area contributed by atoms with Gasteiger partial charge in [0, 0.05) is 6.21 Å². The summed E-state index contributed by atoms with van der Waals surface area (Å²) in [5, 5.41) is 3.64. The van der Waals surface area contributed by atoms with Crippen LogP contribution in [-0.2, 0) is 4.74 Å². The van der Waals surface area contributed by atoms with Crippen LogP contribution in [0.15, 0.2) is 29.4 Å². The molecule has 0 spiro atoms. The molecule has 0 fully saturated rings. The molecule has 1 aromatic carbocycles. The minimum Gasteiger partial charge on any atom is -0.454 e. The molecule has 6 heteroatoms. The van der Waals surface area contributed by atoms with Gasteiger partial charge in [0.05, 0.1) is 7.11 Å². The molecule has 0 unspecified atom stereocenters. The van der Waals surface area contributed by atoms with Gasteiger partial charge in [0.1, 0.15) is 0 Å². The van der Waals surface area contributed by atoms with Gasteiger partial charge in [0.2, 0.25) is 6.79 Å². The maximum Gasteiger partial charge on any atom is 0.427 e. The van der Waals surface area contributed by atoms with E-state index in [4.69, 9.17) is 9.47 Å². The van der Waals surface area contributed by atoms with Gasteiger partial charge in [-0.1, -0.05) is 12.1 Å². The molecule has 2 rings (SSSR count). The molecule has 0 saturated carbocycles. The third-order valence-electron chi connectivity index (χ3n) is 2.19. The highest BCUT2D eigenvalue weighted by Gasteiger charge is 2.11. The van der Waals surface area contributed by atoms with Gasteiger partial charge in [0.15, 0.2) is 11.5 Å². The van der Waals surface area contributed by atoms with E-state index in [1.807, 2.05) is 24.3 Å². The van der Waals surface area contributed by atoms with E-state index in [0.717, 1.165) is 17.1 Å². The third-order valence-corrected chi connectivity index (χ3v) is 2.19. The molecule has 1 amide bonds. The number of hydrogen-bond acceptors (Lipinski definition) is 5. The van der Waals surface area contributed by atoms with Gasteiger partial charge in [-0.15, -0.1) is 0 Å². The second-order valence-electron chi connectivity index (χ2n) is 3.35. The number of fused-ring (bicyclic) bond motifs is 1. The molecule has 0 atom stereocenters. The smallest absolute Gasteiger partial charge is 0.427 e. The zero-order valence-corrected chi connectivity index (χ0v) is 9.75. The maximum absolute atomic E-state index is 10.7. The molecule has 1 N–H and O–H groups in total. The van der Waals surface area contributed by atoms with Gasteiger partial charge >= 0.3 is 6.09 Å². The monoisotopic (exact) mass is 248 g/mol. The van der Waals surface area contributed by atoms with E-state index in [1.165, 1.54) is 13.3 Å². The molecule has 1 aromatic rings. The number of ether oxygens (including phenoxy) is 3. The molecule has 18 heavy (non-hydrogen) atoms. The molecule has 0 aliphatic carbocycles. The number of nitrogens with one attached hydrogen (secondary N) is 1. The molecule has 0 saturated heterocycles. The first-order chi connectivity index (χ1) is 8.79. The zero-order valence-electron chi connectivity index (χ0n) is 9.75. The summed E-state index contributed by atoms with van der Waals surface area (Å²) in [7, 11) is 1.27. The maximum atomic E-state index is 10.7. The highest BCUT2D eigenvalue weighted by Crippen LogP contribution is 2.32. The van der Waals surface area contributed by atoms with Crippen molar-refractivity contribution in [3.05, 3.63) is 29.8 Å². The summed E-state index contributed by atoms with van der Waals surface area (Å²) >= 11 is 0. The molecule has 0 aromatic heterocycles. The van der Waals surface area contributed by atoms with Crippen molar-refractivity contribution in [2.75, 3.05) is 13.9 Å². The lowest BCUT2D eigenvalue weighted by Gasteiger charge is -1.96. The number of carbonyl (C=O) groups excluding carboxylic acids is 1. The SMILES string of the molecule is COC(=O)NN=CC=Cc1ccc2c(c1)OCO2. The Balaban J connectivity index is 1.91. The number of amides is 1. The number of hydrazone groups is 1. The van der Waals surface area contributed by atoms with Crippen LogP contribution in [0.2, 0.25) is 0 Å². The Kier molecular flexibility index (Phi) is 3.80. The van der Waals surface area contributed by atoms with Gasteiger partial charge in [-0.3, -0.25) is 0 Å². The van der Waals surface area contributed by atoms with Gasteiger partial charge in [0.25, 0.3) is 0 Å². The second-order valence-corrected chi connectivity index (χ2v) is 3.35. The van der Waals surface area contributed by atoms with Gasteiger partial charge in [-0.05, 0) is 23.8 Å². The normalized spacial score (nSPS) is 13.2. The Morgan fingerprint density at radius 2 is 2.28 bits per heavy atom. The van der Waals surface area contributed by atoms with Gasteiger partial charge in [-0.25, -0.2) is 10.2 Å². The van der Waals surface area contributed by atoms with Crippen LogP contribution in [0.5, 0.6) is 11.5 Å². The largest absolute Gasteiger partial charge is 0.454 e. The van der Waals surface area contributed by atoms with Crippen LogP contribution in [-0.4, -0.2) is 26.2 Å². The van der Waals surface area contributed by atoms with Gasteiger partial charge < -0.3 is 14.2 Å². The van der Waals surface area contributed by atoms with Crippen molar-refractivity contribution < 1.29 is 19.0 Å². The first-order valence-corrected chi connectivity index (χ1v) is 5.23. The fourth-order valence-corrected chi connectivity index (χ4v) is 1.35. The molecular weight excluding hydrogens is 236 g/mol. The van der Waals surface area contributed by atoms with Crippen LogP contribution in [0, 0.1) is 0 Å². The van der Waals surface area contributed by atoms with Crippen molar-refractivity contribution in [3.8, 4) is 11.5 Å². The zero-order chi connectivity index (χ0) is 12.8. The first-order valence-electron chi connectivity index (χ1n) is 5.23. The number of benzene rings is 1. The van der Waals surface area contributed by atoms with Crippen LogP contribution < -0.4 is 14.9 Å². The predicted molar refractivity (Wildman–Crippen MR) is 65.6 cm³/mol. The quantitative estimate of drug-likeness (QED) is 0.653. The van der Waals surface area contributed by atoms with E-state index < -0.39 is 6.09 Å². The number of rotatable bonds is 3. The van der Waals surface area contributed by atoms with Crippen molar-refractivity contribution in [2.24, 2.45) is 5.10 Å². The minimum atomic E-state index is -0.609. The summed E-state index contributed by atoms with van der Waals surface area (Å²) < 4.78 is 14.8. The standard InChI is InChI=1S/C12H12N2O4/c1-16-12(15)14-13-6-2-3-9-4-5-10-11(7-9)18-8-17-10/h2-7H,8H2,1H3,(H,14,15). The Morgan fingerprint density at radius 1 is 1.44 bits per heavy atom. The van der Waals surface area contributed by atoms with E-state index in [1.54, 1.807) is 6.08 Å². The van der Waals surface area contributed by atoms with Crippen LogP contribution in [0.3, 0.4) is 0 Å². The van der Waals surface area contributed by atoms with Crippen molar-refractivity contribution >= 4 is 18.4 Å². The molecule has 1 aliphatic heterocycles. The van der Waals surface area contributed by atoms with Crippen LogP contribution in [0.1, 0.15) is 5.56 Å². The van der Waals surface area contributed by atoms with E-state index in [0.29, 0.717) is 0 Å². The van der Waals surface area contributed by atoms with E-state index >= 15 is 0 Å². The Morgan fingerprint density at radius 3 is 3.11 bits per heavy atom. The van der Waals surface area contributed by atoms with E-state index in [9.17, 15) is 4.79 Å². The molecular formula is C12H12N2O4.